The van der Waals surface area contributed by atoms with Crippen LogP contribution in [-0.2, 0) is 4.74 Å². The van der Waals surface area contributed by atoms with Crippen molar-refractivity contribution in [2.24, 2.45) is 0 Å². The average Bonchev–Trinajstić information content (AvgIpc) is 2.43. The summed E-state index contributed by atoms with van der Waals surface area (Å²) in [6.07, 6.45) is 2.33. The molecule has 6 heteroatoms. The SMILES string of the molecule is COCCC(CBr)NC(=O)c1cccnc1OC. The summed E-state index contributed by atoms with van der Waals surface area (Å²) in [7, 11) is 3.13. The molecule has 1 rings (SSSR count). The van der Waals surface area contributed by atoms with E-state index in [4.69, 9.17) is 9.47 Å². The number of hydrogen-bond donors (Lipinski definition) is 1. The quantitative estimate of drug-likeness (QED) is 0.777. The molecule has 0 saturated heterocycles. The molecule has 18 heavy (non-hydrogen) atoms. The minimum absolute atomic E-state index is 0.0161. The zero-order valence-electron chi connectivity index (χ0n) is 10.5. The van der Waals surface area contributed by atoms with Crippen LogP contribution < -0.4 is 10.1 Å². The standard InChI is InChI=1S/C12H17BrN2O3/c1-17-7-5-9(8-13)15-11(16)10-4-3-6-14-12(10)18-2/h3-4,6,9H,5,7-8H2,1-2H3,(H,15,16). The van der Waals surface area contributed by atoms with E-state index in [-0.39, 0.29) is 11.9 Å². The van der Waals surface area contributed by atoms with Crippen LogP contribution in [0.4, 0.5) is 0 Å². The third kappa shape index (κ3) is 4.27. The number of carbonyl (C=O) groups excluding carboxylic acids is 1. The fourth-order valence-corrected chi connectivity index (χ4v) is 1.92. The normalized spacial score (nSPS) is 11.9. The van der Waals surface area contributed by atoms with Gasteiger partial charge in [-0.1, -0.05) is 15.9 Å². The Bertz CT molecular complexity index is 387. The Morgan fingerprint density at radius 2 is 2.33 bits per heavy atom. The van der Waals surface area contributed by atoms with E-state index in [1.807, 2.05) is 0 Å². The fraction of sp³-hybridized carbons (Fsp3) is 0.500. The molecular weight excluding hydrogens is 300 g/mol. The molecule has 0 aliphatic carbocycles. The number of methoxy groups -OCH3 is 2. The highest BCUT2D eigenvalue weighted by atomic mass is 79.9. The Morgan fingerprint density at radius 1 is 1.56 bits per heavy atom. The first-order chi connectivity index (χ1) is 8.72. The first-order valence-electron chi connectivity index (χ1n) is 5.57. The zero-order chi connectivity index (χ0) is 13.4. The van der Waals surface area contributed by atoms with Gasteiger partial charge in [0.15, 0.2) is 0 Å². The van der Waals surface area contributed by atoms with E-state index >= 15 is 0 Å². The molecule has 0 aliphatic heterocycles. The van der Waals surface area contributed by atoms with E-state index in [1.54, 1.807) is 25.4 Å². The summed E-state index contributed by atoms with van der Waals surface area (Å²) in [5, 5.41) is 3.58. The molecule has 1 N–H and O–H groups in total. The lowest BCUT2D eigenvalue weighted by Gasteiger charge is -2.16. The van der Waals surface area contributed by atoms with Gasteiger partial charge in [-0.2, -0.15) is 0 Å². The topological polar surface area (TPSA) is 60.5 Å². The number of ether oxygens (including phenoxy) is 2. The van der Waals surface area contributed by atoms with Crippen molar-refractivity contribution >= 4 is 21.8 Å². The van der Waals surface area contributed by atoms with E-state index < -0.39 is 0 Å². The van der Waals surface area contributed by atoms with Gasteiger partial charge in [0.05, 0.1) is 7.11 Å². The molecule has 1 unspecified atom stereocenters. The van der Waals surface area contributed by atoms with Crippen molar-refractivity contribution in [3.05, 3.63) is 23.9 Å². The number of rotatable bonds is 7. The molecule has 5 nitrogen and oxygen atoms in total. The lowest BCUT2D eigenvalue weighted by atomic mass is 10.2. The third-order valence-corrected chi connectivity index (χ3v) is 3.18. The second kappa shape index (κ2) is 8.05. The van der Waals surface area contributed by atoms with Gasteiger partial charge in [-0.05, 0) is 18.6 Å². The molecule has 0 aliphatic rings. The second-order valence-electron chi connectivity index (χ2n) is 3.67. The summed E-state index contributed by atoms with van der Waals surface area (Å²) in [6, 6.07) is 3.40. The average molecular weight is 317 g/mol. The van der Waals surface area contributed by atoms with Gasteiger partial charge in [0.2, 0.25) is 5.88 Å². The van der Waals surface area contributed by atoms with Gasteiger partial charge in [-0.3, -0.25) is 4.79 Å². The molecule has 1 heterocycles. The number of aromatic nitrogens is 1. The van der Waals surface area contributed by atoms with Crippen molar-refractivity contribution in [3.63, 3.8) is 0 Å². The van der Waals surface area contributed by atoms with Crippen LogP contribution in [0.3, 0.4) is 0 Å². The van der Waals surface area contributed by atoms with Gasteiger partial charge in [0.1, 0.15) is 5.56 Å². The Hall–Kier alpha value is -1.14. The number of pyridine rings is 1. The Balaban J connectivity index is 2.68. The first-order valence-corrected chi connectivity index (χ1v) is 6.69. The number of alkyl halides is 1. The van der Waals surface area contributed by atoms with E-state index in [0.717, 1.165) is 6.42 Å². The highest BCUT2D eigenvalue weighted by Crippen LogP contribution is 2.13. The Morgan fingerprint density at radius 3 is 2.94 bits per heavy atom. The van der Waals surface area contributed by atoms with E-state index in [1.165, 1.54) is 7.11 Å². The van der Waals surface area contributed by atoms with Crippen LogP contribution in [0.1, 0.15) is 16.8 Å². The van der Waals surface area contributed by atoms with Crippen molar-refractivity contribution < 1.29 is 14.3 Å². The molecule has 0 aromatic carbocycles. The van der Waals surface area contributed by atoms with Crippen LogP contribution in [0.25, 0.3) is 0 Å². The lowest BCUT2D eigenvalue weighted by molar-refractivity contribution is 0.0927. The van der Waals surface area contributed by atoms with Gasteiger partial charge in [-0.15, -0.1) is 0 Å². The molecule has 1 aromatic rings. The number of amides is 1. The van der Waals surface area contributed by atoms with Crippen LogP contribution >= 0.6 is 15.9 Å². The zero-order valence-corrected chi connectivity index (χ0v) is 12.1. The van der Waals surface area contributed by atoms with Gasteiger partial charge < -0.3 is 14.8 Å². The van der Waals surface area contributed by atoms with Crippen molar-refractivity contribution in [1.82, 2.24) is 10.3 Å². The lowest BCUT2D eigenvalue weighted by Crippen LogP contribution is -2.37. The molecule has 0 saturated carbocycles. The molecule has 1 atom stereocenters. The summed E-state index contributed by atoms with van der Waals surface area (Å²) >= 11 is 3.37. The minimum atomic E-state index is -0.194. The van der Waals surface area contributed by atoms with Crippen LogP contribution in [0.5, 0.6) is 5.88 Å². The molecule has 0 bridgehead atoms. The molecular formula is C12H17BrN2O3. The Labute approximate surface area is 115 Å². The van der Waals surface area contributed by atoms with Crippen molar-refractivity contribution in [2.75, 3.05) is 26.2 Å². The summed E-state index contributed by atoms with van der Waals surface area (Å²) in [5.41, 5.74) is 0.434. The van der Waals surface area contributed by atoms with Gasteiger partial charge in [0.25, 0.3) is 5.91 Å². The van der Waals surface area contributed by atoms with Gasteiger partial charge in [-0.25, -0.2) is 4.98 Å². The first kappa shape index (κ1) is 14.9. The number of halogens is 1. The molecule has 0 spiro atoms. The smallest absolute Gasteiger partial charge is 0.257 e. The van der Waals surface area contributed by atoms with E-state index in [0.29, 0.717) is 23.4 Å². The molecule has 0 fully saturated rings. The van der Waals surface area contributed by atoms with Crippen LogP contribution in [-0.4, -0.2) is 43.1 Å². The molecule has 1 amide bonds. The molecule has 0 radical (unpaired) electrons. The third-order valence-electron chi connectivity index (χ3n) is 2.40. The number of nitrogens with zero attached hydrogens (tertiary/aromatic N) is 1. The summed E-state index contributed by atoms with van der Waals surface area (Å²) in [6.45, 7) is 0.598. The summed E-state index contributed by atoms with van der Waals surface area (Å²) < 4.78 is 10.1. The highest BCUT2D eigenvalue weighted by Gasteiger charge is 2.16. The summed E-state index contributed by atoms with van der Waals surface area (Å²) in [4.78, 5) is 16.1. The molecule has 100 valence electrons. The van der Waals surface area contributed by atoms with Crippen LogP contribution in [0.15, 0.2) is 18.3 Å². The van der Waals surface area contributed by atoms with Crippen LogP contribution in [0, 0.1) is 0 Å². The Kier molecular flexibility index (Phi) is 6.67. The predicted molar refractivity (Wildman–Crippen MR) is 72.3 cm³/mol. The minimum Gasteiger partial charge on any atom is -0.480 e. The maximum atomic E-state index is 12.1. The maximum Gasteiger partial charge on any atom is 0.257 e. The largest absolute Gasteiger partial charge is 0.480 e. The monoisotopic (exact) mass is 316 g/mol. The fourth-order valence-electron chi connectivity index (χ4n) is 1.44. The van der Waals surface area contributed by atoms with E-state index in [9.17, 15) is 4.79 Å². The highest BCUT2D eigenvalue weighted by molar-refractivity contribution is 9.09. The maximum absolute atomic E-state index is 12.1. The number of carbonyl (C=O) groups is 1. The van der Waals surface area contributed by atoms with Crippen LogP contribution in [0.2, 0.25) is 0 Å². The molecule has 1 aromatic heterocycles. The second-order valence-corrected chi connectivity index (χ2v) is 4.31. The van der Waals surface area contributed by atoms with E-state index in [2.05, 4.69) is 26.2 Å². The van der Waals surface area contributed by atoms with Crippen molar-refractivity contribution in [3.8, 4) is 5.88 Å². The van der Waals surface area contributed by atoms with Gasteiger partial charge in [0, 0.05) is 31.3 Å². The number of nitrogens with one attached hydrogen (secondary N) is 1. The van der Waals surface area contributed by atoms with Crippen molar-refractivity contribution in [1.29, 1.82) is 0 Å². The summed E-state index contributed by atoms with van der Waals surface area (Å²) in [5.74, 6) is 0.135. The van der Waals surface area contributed by atoms with Crippen molar-refractivity contribution in [2.45, 2.75) is 12.5 Å². The number of hydrogen-bond acceptors (Lipinski definition) is 4. The van der Waals surface area contributed by atoms with Gasteiger partial charge >= 0.3 is 0 Å². The predicted octanol–water partition coefficient (Wildman–Crippen LogP) is 1.62.